The van der Waals surface area contributed by atoms with E-state index in [1.165, 1.54) is 18.4 Å². The summed E-state index contributed by atoms with van der Waals surface area (Å²) in [5.41, 5.74) is 1.25. The van der Waals surface area contributed by atoms with E-state index < -0.39 is 0 Å². The highest BCUT2D eigenvalue weighted by Crippen LogP contribution is 2.34. The number of nitrogens with zero attached hydrogens (tertiary/aromatic N) is 2. The lowest BCUT2D eigenvalue weighted by Crippen LogP contribution is -2.49. The molecule has 0 aromatic carbocycles. The standard InChI is InChI=1S/C19H36N4OS/c1-5-20-18(21-15-19(25-4)8-12-24-13-9-19)22-17-6-10-23(11-7-17)14-16(2)3/h17H,2,5-15H2,1,3-4H3,(H2,20,21,22). The first-order valence-electron chi connectivity index (χ1n) is 9.61. The van der Waals surface area contributed by atoms with Crippen LogP contribution in [0.5, 0.6) is 0 Å². The van der Waals surface area contributed by atoms with Crippen molar-refractivity contribution >= 4 is 17.7 Å². The molecule has 0 atom stereocenters. The Labute approximate surface area is 158 Å². The number of aliphatic imine (C=N–C) groups is 1. The monoisotopic (exact) mass is 368 g/mol. The molecule has 0 unspecified atom stereocenters. The van der Waals surface area contributed by atoms with Gasteiger partial charge in [-0.05, 0) is 45.8 Å². The molecule has 2 aliphatic rings. The number of ether oxygens (including phenoxy) is 1. The molecule has 2 N–H and O–H groups in total. The van der Waals surface area contributed by atoms with Crippen LogP contribution >= 0.6 is 11.8 Å². The number of nitrogens with one attached hydrogen (secondary N) is 2. The van der Waals surface area contributed by atoms with Crippen molar-refractivity contribution in [3.8, 4) is 0 Å². The fourth-order valence-electron chi connectivity index (χ4n) is 3.52. The zero-order valence-electron chi connectivity index (χ0n) is 16.3. The summed E-state index contributed by atoms with van der Waals surface area (Å²) in [7, 11) is 0. The molecule has 5 nitrogen and oxygen atoms in total. The molecule has 0 aromatic rings. The molecule has 0 aliphatic carbocycles. The SMILES string of the molecule is C=C(C)CN1CCC(NC(=NCC2(SC)CCOCC2)NCC)CC1. The van der Waals surface area contributed by atoms with Crippen molar-refractivity contribution in [2.45, 2.75) is 50.3 Å². The van der Waals surface area contributed by atoms with E-state index in [2.05, 4.69) is 42.2 Å². The van der Waals surface area contributed by atoms with Gasteiger partial charge >= 0.3 is 0 Å². The van der Waals surface area contributed by atoms with Crippen LogP contribution in [0.25, 0.3) is 0 Å². The van der Waals surface area contributed by atoms with E-state index >= 15 is 0 Å². The van der Waals surface area contributed by atoms with Gasteiger partial charge in [0.15, 0.2) is 5.96 Å². The zero-order chi connectivity index (χ0) is 18.1. The Bertz CT molecular complexity index is 441. The molecule has 144 valence electrons. The number of guanidine groups is 1. The highest BCUT2D eigenvalue weighted by atomic mass is 32.2. The third-order valence-electron chi connectivity index (χ3n) is 5.13. The summed E-state index contributed by atoms with van der Waals surface area (Å²) in [5.74, 6) is 0.973. The Hall–Kier alpha value is -0.720. The van der Waals surface area contributed by atoms with Gasteiger partial charge in [0, 0.05) is 50.2 Å². The quantitative estimate of drug-likeness (QED) is 0.411. The van der Waals surface area contributed by atoms with Gasteiger partial charge < -0.3 is 15.4 Å². The first-order chi connectivity index (χ1) is 12.1. The predicted octanol–water partition coefficient (Wildman–Crippen LogP) is 2.49. The predicted molar refractivity (Wildman–Crippen MR) is 110 cm³/mol. The summed E-state index contributed by atoms with van der Waals surface area (Å²) in [6.45, 7) is 15.0. The summed E-state index contributed by atoms with van der Waals surface area (Å²) in [4.78, 5) is 7.43. The van der Waals surface area contributed by atoms with Crippen LogP contribution in [0, 0.1) is 0 Å². The van der Waals surface area contributed by atoms with E-state index in [9.17, 15) is 0 Å². The maximum Gasteiger partial charge on any atom is 0.191 e. The topological polar surface area (TPSA) is 48.9 Å². The maximum absolute atomic E-state index is 5.54. The van der Waals surface area contributed by atoms with Crippen molar-refractivity contribution < 1.29 is 4.74 Å². The average molecular weight is 369 g/mol. The van der Waals surface area contributed by atoms with Crippen LogP contribution in [-0.2, 0) is 4.74 Å². The molecule has 0 amide bonds. The Morgan fingerprint density at radius 1 is 1.32 bits per heavy atom. The van der Waals surface area contributed by atoms with Gasteiger partial charge in [0.05, 0.1) is 6.54 Å². The molecule has 6 heteroatoms. The number of piperidine rings is 1. The molecule has 0 radical (unpaired) electrons. The lowest BCUT2D eigenvalue weighted by atomic mass is 9.99. The minimum absolute atomic E-state index is 0.242. The van der Waals surface area contributed by atoms with Gasteiger partial charge in [-0.1, -0.05) is 12.2 Å². The van der Waals surface area contributed by atoms with Crippen LogP contribution in [0.4, 0.5) is 0 Å². The van der Waals surface area contributed by atoms with E-state index in [0.717, 1.165) is 64.7 Å². The van der Waals surface area contributed by atoms with Gasteiger partial charge in [-0.25, -0.2) is 0 Å². The average Bonchev–Trinajstić information content (AvgIpc) is 2.62. The molecule has 2 fully saturated rings. The first kappa shape index (κ1) is 20.6. The normalized spacial score (nSPS) is 22.6. The molecular formula is C19H36N4OS. The van der Waals surface area contributed by atoms with Crippen LogP contribution in [0.3, 0.4) is 0 Å². The molecule has 2 aliphatic heterocycles. The number of thioether (sulfide) groups is 1. The third kappa shape index (κ3) is 6.83. The van der Waals surface area contributed by atoms with Gasteiger partial charge in [0.1, 0.15) is 0 Å². The summed E-state index contributed by atoms with van der Waals surface area (Å²) < 4.78 is 5.78. The molecule has 0 saturated carbocycles. The van der Waals surface area contributed by atoms with E-state index in [1.54, 1.807) is 0 Å². The fourth-order valence-corrected chi connectivity index (χ4v) is 4.29. The molecule has 0 bridgehead atoms. The van der Waals surface area contributed by atoms with Crippen molar-refractivity contribution in [2.24, 2.45) is 4.99 Å². The lowest BCUT2D eigenvalue weighted by Gasteiger charge is -2.35. The van der Waals surface area contributed by atoms with Crippen LogP contribution in [0.1, 0.15) is 39.5 Å². The van der Waals surface area contributed by atoms with Gasteiger partial charge in [0.2, 0.25) is 0 Å². The van der Waals surface area contributed by atoms with Crippen molar-refractivity contribution in [1.82, 2.24) is 15.5 Å². The highest BCUT2D eigenvalue weighted by Gasteiger charge is 2.31. The summed E-state index contributed by atoms with van der Waals surface area (Å²) in [5, 5.41) is 7.09. The summed E-state index contributed by atoms with van der Waals surface area (Å²) in [6, 6.07) is 0.513. The number of rotatable bonds is 7. The van der Waals surface area contributed by atoms with Crippen LogP contribution < -0.4 is 10.6 Å². The molecule has 25 heavy (non-hydrogen) atoms. The minimum atomic E-state index is 0.242. The van der Waals surface area contributed by atoms with Crippen molar-refractivity contribution in [1.29, 1.82) is 0 Å². The fraction of sp³-hybridized carbons (Fsp3) is 0.842. The van der Waals surface area contributed by atoms with E-state index in [0.29, 0.717) is 6.04 Å². The van der Waals surface area contributed by atoms with Crippen LogP contribution in [0.2, 0.25) is 0 Å². The largest absolute Gasteiger partial charge is 0.381 e. The van der Waals surface area contributed by atoms with Crippen molar-refractivity contribution in [2.75, 3.05) is 52.2 Å². The molecule has 2 saturated heterocycles. The number of likely N-dealkylation sites (tertiary alicyclic amines) is 1. The minimum Gasteiger partial charge on any atom is -0.381 e. The van der Waals surface area contributed by atoms with Crippen LogP contribution in [-0.4, -0.2) is 73.8 Å². The second-order valence-corrected chi connectivity index (χ2v) is 8.62. The third-order valence-corrected chi connectivity index (χ3v) is 6.53. The van der Waals surface area contributed by atoms with Gasteiger partial charge in [0.25, 0.3) is 0 Å². The number of hydrogen-bond acceptors (Lipinski definition) is 4. The van der Waals surface area contributed by atoms with E-state index in [4.69, 9.17) is 9.73 Å². The first-order valence-corrected chi connectivity index (χ1v) is 10.8. The van der Waals surface area contributed by atoms with Crippen molar-refractivity contribution in [3.63, 3.8) is 0 Å². The van der Waals surface area contributed by atoms with Crippen molar-refractivity contribution in [3.05, 3.63) is 12.2 Å². The van der Waals surface area contributed by atoms with Gasteiger partial charge in [-0.3, -0.25) is 9.89 Å². The highest BCUT2D eigenvalue weighted by molar-refractivity contribution is 8.00. The van der Waals surface area contributed by atoms with Gasteiger partial charge in [-0.15, -0.1) is 0 Å². The summed E-state index contributed by atoms with van der Waals surface area (Å²) in [6.07, 6.45) is 6.73. The molecule has 0 spiro atoms. The Morgan fingerprint density at radius 3 is 2.56 bits per heavy atom. The lowest BCUT2D eigenvalue weighted by molar-refractivity contribution is 0.0794. The molecule has 2 heterocycles. The zero-order valence-corrected chi connectivity index (χ0v) is 17.1. The smallest absolute Gasteiger partial charge is 0.191 e. The molecule has 2 rings (SSSR count). The summed E-state index contributed by atoms with van der Waals surface area (Å²) >= 11 is 1.95. The second kappa shape index (κ2) is 10.4. The van der Waals surface area contributed by atoms with E-state index in [1.807, 2.05) is 11.8 Å². The number of hydrogen-bond donors (Lipinski definition) is 2. The Morgan fingerprint density at radius 2 is 2.00 bits per heavy atom. The molecular weight excluding hydrogens is 332 g/mol. The van der Waals surface area contributed by atoms with Crippen LogP contribution in [0.15, 0.2) is 17.1 Å². The second-order valence-electron chi connectivity index (χ2n) is 7.35. The molecule has 0 aromatic heterocycles. The van der Waals surface area contributed by atoms with Gasteiger partial charge in [-0.2, -0.15) is 11.8 Å². The van der Waals surface area contributed by atoms with E-state index in [-0.39, 0.29) is 4.75 Å². The Kier molecular flexibility index (Phi) is 8.59. The Balaban J connectivity index is 1.86. The maximum atomic E-state index is 5.54.